The van der Waals surface area contributed by atoms with Crippen molar-refractivity contribution in [2.45, 2.75) is 26.3 Å². The van der Waals surface area contributed by atoms with Crippen LogP contribution in [0.2, 0.25) is 0 Å². The minimum atomic E-state index is -0.0328. The summed E-state index contributed by atoms with van der Waals surface area (Å²) < 4.78 is 1.13. The molecule has 74 valence electrons. The summed E-state index contributed by atoms with van der Waals surface area (Å²) in [5.74, 6) is 0. The Morgan fingerprint density at radius 2 is 2.07 bits per heavy atom. The average Bonchev–Trinajstić information content (AvgIpc) is 2.21. The molecule has 14 heavy (non-hydrogen) atoms. The number of anilines is 1. The minimum absolute atomic E-state index is 0.0328. The van der Waals surface area contributed by atoms with Gasteiger partial charge in [0, 0.05) is 0 Å². The third-order valence-electron chi connectivity index (χ3n) is 2.04. The first-order valence-electron chi connectivity index (χ1n) is 4.68. The van der Waals surface area contributed by atoms with Gasteiger partial charge in [-0.3, -0.25) is 0 Å². The molecule has 0 aliphatic carbocycles. The third-order valence-corrected chi connectivity index (χ3v) is 3.30. The number of nitrogens with one attached hydrogen (secondary N) is 1. The molecule has 0 bridgehead atoms. The molecule has 0 saturated carbocycles. The van der Waals surface area contributed by atoms with Crippen molar-refractivity contribution in [3.05, 3.63) is 24.3 Å². The summed E-state index contributed by atoms with van der Waals surface area (Å²) in [6.45, 7) is 4.32. The van der Waals surface area contributed by atoms with Gasteiger partial charge in [-0.15, -0.1) is 0 Å². The normalized spacial score (nSPS) is 11.8. The van der Waals surface area contributed by atoms with Crippen molar-refractivity contribution in [2.24, 2.45) is 0 Å². The van der Waals surface area contributed by atoms with E-state index >= 15 is 0 Å². The molecule has 0 amide bonds. The van der Waals surface area contributed by atoms with E-state index in [1.807, 2.05) is 24.3 Å². The molecule has 3 heteroatoms. The summed E-state index contributed by atoms with van der Waals surface area (Å²) in [4.78, 5) is 2.20. The quantitative estimate of drug-likeness (QED) is 0.829. The molecular weight excluding hydrogens is 239 g/mol. The van der Waals surface area contributed by atoms with Crippen LogP contribution in [-0.2, 0) is 0 Å². The van der Waals surface area contributed by atoms with E-state index in [1.165, 1.54) is 0 Å². The van der Waals surface area contributed by atoms with E-state index in [9.17, 15) is 0 Å². The summed E-state index contributed by atoms with van der Waals surface area (Å²) in [5, 5.41) is 11.9. The predicted octanol–water partition coefficient (Wildman–Crippen LogP) is 1.71. The van der Waals surface area contributed by atoms with Gasteiger partial charge in [0.05, 0.1) is 0 Å². The number of nitrogens with zero attached hydrogens (tertiary/aromatic N) is 1. The van der Waals surface area contributed by atoms with Gasteiger partial charge in [0.15, 0.2) is 0 Å². The molecule has 0 aliphatic rings. The van der Waals surface area contributed by atoms with Crippen molar-refractivity contribution in [3.63, 3.8) is 0 Å². The Bertz CT molecular complexity index is 313. The molecule has 1 rings (SSSR count). The maximum absolute atomic E-state index is 8.53. The summed E-state index contributed by atoms with van der Waals surface area (Å²) in [6.07, 6.45) is 1.11. The first-order valence-corrected chi connectivity index (χ1v) is 6.40. The van der Waals surface area contributed by atoms with E-state index in [-0.39, 0.29) is 15.0 Å². The summed E-state index contributed by atoms with van der Waals surface area (Å²) in [7, 11) is 0. The van der Waals surface area contributed by atoms with Gasteiger partial charge in [-0.1, -0.05) is 0 Å². The van der Waals surface area contributed by atoms with Crippen molar-refractivity contribution in [1.82, 2.24) is 0 Å². The summed E-state index contributed by atoms with van der Waals surface area (Å²) in [5.41, 5.74) is 1.14. The van der Waals surface area contributed by atoms with Gasteiger partial charge in [0.2, 0.25) is 0 Å². The monoisotopic (exact) mass is 254 g/mol. The van der Waals surface area contributed by atoms with E-state index < -0.39 is 0 Å². The van der Waals surface area contributed by atoms with Gasteiger partial charge in [-0.25, -0.2) is 0 Å². The van der Waals surface area contributed by atoms with Gasteiger partial charge >= 0.3 is 91.2 Å². The van der Waals surface area contributed by atoms with Crippen molar-refractivity contribution in [2.75, 3.05) is 5.32 Å². The summed E-state index contributed by atoms with van der Waals surface area (Å²) >= 11 is -0.0328. The summed E-state index contributed by atoms with van der Waals surface area (Å²) in [6, 6.07) is 8.63. The zero-order chi connectivity index (χ0) is 10.4. The van der Waals surface area contributed by atoms with Crippen LogP contribution in [0.4, 0.5) is 5.69 Å². The molecule has 0 aliphatic heterocycles. The van der Waals surface area contributed by atoms with Crippen molar-refractivity contribution in [1.29, 1.82) is 5.26 Å². The number of hydrogen-bond acceptors (Lipinski definition) is 2. The SMILES string of the molecule is CCC(C)Nc1ccc([Se]C#N)cc1. The van der Waals surface area contributed by atoms with E-state index in [2.05, 4.69) is 24.1 Å². The Morgan fingerprint density at radius 3 is 2.57 bits per heavy atom. The van der Waals surface area contributed by atoms with Gasteiger partial charge in [0.25, 0.3) is 0 Å². The van der Waals surface area contributed by atoms with Gasteiger partial charge in [-0.05, 0) is 0 Å². The molecule has 0 radical (unpaired) electrons. The Balaban J connectivity index is 2.60. The second kappa shape index (κ2) is 5.70. The Hall–Kier alpha value is -0.971. The number of rotatable bonds is 4. The predicted molar refractivity (Wildman–Crippen MR) is 60.8 cm³/mol. The van der Waals surface area contributed by atoms with E-state index in [0.717, 1.165) is 16.6 Å². The molecule has 1 N–H and O–H groups in total. The Kier molecular flexibility index (Phi) is 4.52. The second-order valence-corrected chi connectivity index (χ2v) is 4.97. The first kappa shape index (κ1) is 11.1. The number of hydrogen-bond donors (Lipinski definition) is 1. The van der Waals surface area contributed by atoms with Gasteiger partial charge < -0.3 is 0 Å². The van der Waals surface area contributed by atoms with E-state index in [4.69, 9.17) is 5.26 Å². The van der Waals surface area contributed by atoms with Crippen molar-refractivity contribution < 1.29 is 0 Å². The molecule has 0 aromatic heterocycles. The fourth-order valence-corrected chi connectivity index (χ4v) is 1.85. The van der Waals surface area contributed by atoms with Crippen LogP contribution in [0.3, 0.4) is 0 Å². The molecule has 0 heterocycles. The Labute approximate surface area is 91.5 Å². The third kappa shape index (κ3) is 3.41. The maximum atomic E-state index is 8.53. The van der Waals surface area contributed by atoms with Crippen LogP contribution in [-0.4, -0.2) is 21.0 Å². The molecule has 2 nitrogen and oxygen atoms in total. The molecule has 0 fully saturated rings. The van der Waals surface area contributed by atoms with Gasteiger partial charge in [-0.2, -0.15) is 0 Å². The molecule has 1 atom stereocenters. The van der Waals surface area contributed by atoms with Crippen molar-refractivity contribution >= 4 is 25.1 Å². The van der Waals surface area contributed by atoms with Gasteiger partial charge in [0.1, 0.15) is 0 Å². The number of nitriles is 1. The molecule has 1 aromatic rings. The van der Waals surface area contributed by atoms with Crippen LogP contribution in [0.5, 0.6) is 0 Å². The van der Waals surface area contributed by atoms with Crippen LogP contribution in [0.25, 0.3) is 0 Å². The fourth-order valence-electron chi connectivity index (χ4n) is 1.06. The van der Waals surface area contributed by atoms with Crippen LogP contribution in [0, 0.1) is 10.2 Å². The molecule has 1 unspecified atom stereocenters. The fraction of sp³-hybridized carbons (Fsp3) is 0.364. The number of benzene rings is 1. The molecule has 0 saturated heterocycles. The first-order chi connectivity index (χ1) is 6.76. The van der Waals surface area contributed by atoms with Crippen LogP contribution < -0.4 is 9.78 Å². The molecular formula is C11H14N2Se. The zero-order valence-corrected chi connectivity index (χ0v) is 10.2. The van der Waals surface area contributed by atoms with E-state index in [1.54, 1.807) is 0 Å². The van der Waals surface area contributed by atoms with E-state index in [0.29, 0.717) is 6.04 Å². The molecule has 0 spiro atoms. The van der Waals surface area contributed by atoms with Crippen molar-refractivity contribution in [3.8, 4) is 4.97 Å². The second-order valence-electron chi connectivity index (χ2n) is 3.17. The zero-order valence-electron chi connectivity index (χ0n) is 8.45. The topological polar surface area (TPSA) is 35.8 Å². The molecule has 1 aromatic carbocycles. The average molecular weight is 253 g/mol. The van der Waals surface area contributed by atoms with Crippen LogP contribution in [0.15, 0.2) is 24.3 Å². The van der Waals surface area contributed by atoms with Crippen LogP contribution in [0.1, 0.15) is 20.3 Å². The Morgan fingerprint density at radius 1 is 1.43 bits per heavy atom. The van der Waals surface area contributed by atoms with Crippen LogP contribution >= 0.6 is 0 Å². The standard InChI is InChI=1S/C11H14N2Se/c1-3-9(2)13-10-4-6-11(7-5-10)14-8-12/h4-7,9,13H,3H2,1-2H3.